The number of aryl methyl sites for hydroxylation is 1. The van der Waals surface area contributed by atoms with Gasteiger partial charge in [0.2, 0.25) is 0 Å². The number of rotatable bonds is 8. The summed E-state index contributed by atoms with van der Waals surface area (Å²) < 4.78 is 39.3. The topological polar surface area (TPSA) is 42.2 Å². The standard InChI is InChI=1S/C14H20F3NO2/c1-2-3-4-5-6-7-8-18-9-11(13(19)20)12(10-18)14(15,16)17/h9-10H,2-8H2,1H3,(H,19,20). The highest BCUT2D eigenvalue weighted by Gasteiger charge is 2.36. The monoisotopic (exact) mass is 291 g/mol. The summed E-state index contributed by atoms with van der Waals surface area (Å²) in [6.45, 7) is 2.54. The minimum absolute atomic E-state index is 0.419. The molecule has 1 N–H and O–H groups in total. The second-order valence-corrected chi connectivity index (χ2v) is 4.89. The van der Waals surface area contributed by atoms with Gasteiger partial charge in [0.25, 0.3) is 0 Å². The van der Waals surface area contributed by atoms with Gasteiger partial charge in [-0.1, -0.05) is 39.0 Å². The normalized spacial score (nSPS) is 11.8. The third kappa shape index (κ3) is 4.90. The Kier molecular flexibility index (Phi) is 6.10. The van der Waals surface area contributed by atoms with E-state index in [2.05, 4.69) is 6.92 Å². The Labute approximate surface area is 116 Å². The first-order valence-electron chi connectivity index (χ1n) is 6.86. The lowest BCUT2D eigenvalue weighted by Gasteiger charge is -2.04. The Morgan fingerprint density at radius 3 is 2.25 bits per heavy atom. The third-order valence-corrected chi connectivity index (χ3v) is 3.19. The summed E-state index contributed by atoms with van der Waals surface area (Å²) in [4.78, 5) is 10.8. The molecule has 0 bridgehead atoms. The van der Waals surface area contributed by atoms with Crippen molar-refractivity contribution in [2.24, 2.45) is 0 Å². The molecule has 0 atom stereocenters. The first-order valence-corrected chi connectivity index (χ1v) is 6.86. The Morgan fingerprint density at radius 1 is 1.15 bits per heavy atom. The first-order chi connectivity index (χ1) is 9.36. The number of aromatic nitrogens is 1. The summed E-state index contributed by atoms with van der Waals surface area (Å²) in [6, 6.07) is 0. The van der Waals surface area contributed by atoms with Crippen LogP contribution in [0.1, 0.15) is 61.4 Å². The number of carbonyl (C=O) groups is 1. The minimum Gasteiger partial charge on any atom is -0.478 e. The van der Waals surface area contributed by atoms with Gasteiger partial charge in [0.1, 0.15) is 0 Å². The van der Waals surface area contributed by atoms with Crippen molar-refractivity contribution in [2.75, 3.05) is 0 Å². The molecule has 0 radical (unpaired) electrons. The van der Waals surface area contributed by atoms with Crippen molar-refractivity contribution >= 4 is 5.97 Å². The highest BCUT2D eigenvalue weighted by atomic mass is 19.4. The van der Waals surface area contributed by atoms with Gasteiger partial charge < -0.3 is 9.67 Å². The van der Waals surface area contributed by atoms with Gasteiger partial charge in [-0.3, -0.25) is 0 Å². The van der Waals surface area contributed by atoms with Gasteiger partial charge in [-0.25, -0.2) is 4.79 Å². The van der Waals surface area contributed by atoms with E-state index in [0.29, 0.717) is 6.54 Å². The van der Waals surface area contributed by atoms with Crippen molar-refractivity contribution in [2.45, 2.75) is 58.2 Å². The van der Waals surface area contributed by atoms with Gasteiger partial charge in [0.15, 0.2) is 0 Å². The van der Waals surface area contributed by atoms with Crippen LogP contribution in [-0.4, -0.2) is 15.6 Å². The molecule has 1 heterocycles. The third-order valence-electron chi connectivity index (χ3n) is 3.19. The van der Waals surface area contributed by atoms with E-state index < -0.39 is 23.3 Å². The molecule has 0 saturated heterocycles. The Morgan fingerprint density at radius 2 is 1.75 bits per heavy atom. The molecule has 0 aliphatic heterocycles. The quantitative estimate of drug-likeness (QED) is 0.713. The maximum absolute atomic E-state index is 12.7. The summed E-state index contributed by atoms with van der Waals surface area (Å²) >= 11 is 0. The van der Waals surface area contributed by atoms with Gasteiger partial charge in [-0.15, -0.1) is 0 Å². The lowest BCUT2D eigenvalue weighted by molar-refractivity contribution is -0.138. The average molecular weight is 291 g/mol. The predicted octanol–water partition coefficient (Wildman–Crippen LogP) is 4.57. The SMILES string of the molecule is CCCCCCCCn1cc(C(=O)O)c(C(F)(F)F)c1. The number of carboxylic acids is 1. The van der Waals surface area contributed by atoms with Gasteiger partial charge in [0, 0.05) is 18.9 Å². The first kappa shape index (κ1) is 16.6. The Bertz CT molecular complexity index is 438. The number of unbranched alkanes of at least 4 members (excludes halogenated alkanes) is 5. The zero-order valence-electron chi connectivity index (χ0n) is 11.5. The summed E-state index contributed by atoms with van der Waals surface area (Å²) in [6.07, 6.45) is 3.55. The summed E-state index contributed by atoms with van der Waals surface area (Å²) in [5.41, 5.74) is -1.75. The highest BCUT2D eigenvalue weighted by Crippen LogP contribution is 2.32. The Balaban J connectivity index is 2.57. The average Bonchev–Trinajstić information content (AvgIpc) is 2.78. The fourth-order valence-electron chi connectivity index (χ4n) is 2.11. The predicted molar refractivity (Wildman–Crippen MR) is 69.8 cm³/mol. The second-order valence-electron chi connectivity index (χ2n) is 4.89. The number of carboxylic acid groups (broad SMARTS) is 1. The molecule has 0 saturated carbocycles. The van der Waals surface area contributed by atoms with Crippen molar-refractivity contribution in [1.29, 1.82) is 0 Å². The summed E-state index contributed by atoms with van der Waals surface area (Å²) in [7, 11) is 0. The molecule has 1 aromatic heterocycles. The van der Waals surface area contributed by atoms with Crippen LogP contribution < -0.4 is 0 Å². The van der Waals surface area contributed by atoms with E-state index in [1.54, 1.807) is 0 Å². The van der Waals surface area contributed by atoms with Crippen LogP contribution in [0.5, 0.6) is 0 Å². The second kappa shape index (κ2) is 7.36. The largest absolute Gasteiger partial charge is 0.478 e. The number of alkyl halides is 3. The molecule has 3 nitrogen and oxygen atoms in total. The van der Waals surface area contributed by atoms with Crippen molar-refractivity contribution in [3.63, 3.8) is 0 Å². The van der Waals surface area contributed by atoms with E-state index in [-0.39, 0.29) is 0 Å². The van der Waals surface area contributed by atoms with E-state index >= 15 is 0 Å². The van der Waals surface area contributed by atoms with Crippen LogP contribution in [0, 0.1) is 0 Å². The number of hydrogen-bond acceptors (Lipinski definition) is 1. The molecular weight excluding hydrogens is 271 g/mol. The fourth-order valence-corrected chi connectivity index (χ4v) is 2.11. The van der Waals surface area contributed by atoms with Crippen LogP contribution in [0.15, 0.2) is 12.4 Å². The van der Waals surface area contributed by atoms with E-state index in [1.807, 2.05) is 0 Å². The maximum Gasteiger partial charge on any atom is 0.418 e. The van der Waals surface area contributed by atoms with Crippen LogP contribution in [-0.2, 0) is 12.7 Å². The molecule has 0 spiro atoms. The molecule has 0 aliphatic carbocycles. The molecule has 0 aliphatic rings. The lowest BCUT2D eigenvalue weighted by Crippen LogP contribution is -2.09. The van der Waals surface area contributed by atoms with Crippen LogP contribution in [0.4, 0.5) is 13.2 Å². The number of hydrogen-bond donors (Lipinski definition) is 1. The number of nitrogens with zero attached hydrogens (tertiary/aromatic N) is 1. The van der Waals surface area contributed by atoms with Gasteiger partial charge in [0.05, 0.1) is 11.1 Å². The van der Waals surface area contributed by atoms with Crippen LogP contribution in [0.25, 0.3) is 0 Å². The molecule has 0 aromatic carbocycles. The van der Waals surface area contributed by atoms with Crippen LogP contribution in [0.3, 0.4) is 0 Å². The smallest absolute Gasteiger partial charge is 0.418 e. The van der Waals surface area contributed by atoms with Crippen molar-refractivity contribution < 1.29 is 23.1 Å². The summed E-state index contributed by atoms with van der Waals surface area (Å²) in [5, 5.41) is 8.80. The molecule has 1 aromatic rings. The zero-order valence-corrected chi connectivity index (χ0v) is 11.5. The molecule has 1 rings (SSSR count). The van der Waals surface area contributed by atoms with Crippen molar-refractivity contribution in [3.8, 4) is 0 Å². The van der Waals surface area contributed by atoms with Crippen molar-refractivity contribution in [1.82, 2.24) is 4.57 Å². The van der Waals surface area contributed by atoms with Gasteiger partial charge in [-0.05, 0) is 6.42 Å². The molecule has 0 amide bonds. The van der Waals surface area contributed by atoms with Gasteiger partial charge in [-0.2, -0.15) is 13.2 Å². The molecule has 114 valence electrons. The van der Waals surface area contributed by atoms with Gasteiger partial charge >= 0.3 is 12.1 Å². The molecule has 0 fully saturated rings. The van der Waals surface area contributed by atoms with Crippen molar-refractivity contribution in [3.05, 3.63) is 23.5 Å². The Hall–Kier alpha value is -1.46. The van der Waals surface area contributed by atoms with Crippen LogP contribution >= 0.6 is 0 Å². The fraction of sp³-hybridized carbons (Fsp3) is 0.643. The molecule has 0 unspecified atom stereocenters. The summed E-state index contributed by atoms with van der Waals surface area (Å²) in [5.74, 6) is -1.54. The lowest BCUT2D eigenvalue weighted by atomic mass is 10.1. The molecular formula is C14H20F3NO2. The number of halogens is 3. The molecule has 6 heteroatoms. The van der Waals surface area contributed by atoms with E-state index in [0.717, 1.165) is 44.5 Å². The number of aromatic carboxylic acids is 1. The maximum atomic E-state index is 12.7. The minimum atomic E-state index is -4.62. The molecule has 20 heavy (non-hydrogen) atoms. The van der Waals surface area contributed by atoms with Crippen LogP contribution in [0.2, 0.25) is 0 Å². The van der Waals surface area contributed by atoms with E-state index in [9.17, 15) is 18.0 Å². The highest BCUT2D eigenvalue weighted by molar-refractivity contribution is 5.89. The van der Waals surface area contributed by atoms with E-state index in [1.165, 1.54) is 11.0 Å². The zero-order chi connectivity index (χ0) is 15.2. The van der Waals surface area contributed by atoms with E-state index in [4.69, 9.17) is 5.11 Å².